The molecular weight excluding hydrogens is 459 g/mol. The first-order valence-electron chi connectivity index (χ1n) is 9.85. The lowest BCUT2D eigenvalue weighted by molar-refractivity contribution is 0.0621. The molecule has 1 aliphatic rings. The predicted octanol–water partition coefficient (Wildman–Crippen LogP) is 4.84. The van der Waals surface area contributed by atoms with Crippen LogP contribution in [-0.2, 0) is 13.3 Å². The number of carbonyl (C=O) groups excluding carboxylic acids is 1. The van der Waals surface area contributed by atoms with Crippen LogP contribution in [0.1, 0.15) is 16.1 Å². The van der Waals surface area contributed by atoms with Gasteiger partial charge in [0.1, 0.15) is 5.75 Å². The molecule has 162 valence electrons. The third kappa shape index (κ3) is 5.71. The standard InChI is InChI=1S/C22H21Cl3N4O2/c23-17-3-5-19(6-4-17)31-15-29-8-7-21(26-29)22(30)28-11-9-27(10-12-28)14-16-1-2-18(24)13-20(16)25/h1-8,13H,9-12,14-15H2. The van der Waals surface area contributed by atoms with Crippen molar-refractivity contribution in [3.8, 4) is 5.75 Å². The molecule has 2 aromatic carbocycles. The van der Waals surface area contributed by atoms with Gasteiger partial charge in [-0.2, -0.15) is 5.10 Å². The summed E-state index contributed by atoms with van der Waals surface area (Å²) in [5.41, 5.74) is 1.44. The molecule has 1 saturated heterocycles. The van der Waals surface area contributed by atoms with Gasteiger partial charge < -0.3 is 9.64 Å². The number of nitrogens with zero attached hydrogens (tertiary/aromatic N) is 4. The maximum absolute atomic E-state index is 12.8. The van der Waals surface area contributed by atoms with Gasteiger partial charge in [0, 0.05) is 54.0 Å². The minimum atomic E-state index is -0.0746. The number of halogens is 3. The van der Waals surface area contributed by atoms with Crippen LogP contribution in [0.5, 0.6) is 5.75 Å². The van der Waals surface area contributed by atoms with Gasteiger partial charge in [0.2, 0.25) is 0 Å². The van der Waals surface area contributed by atoms with Crippen molar-refractivity contribution in [2.45, 2.75) is 13.3 Å². The van der Waals surface area contributed by atoms with Crippen LogP contribution in [0.2, 0.25) is 15.1 Å². The number of ether oxygens (including phenoxy) is 1. The van der Waals surface area contributed by atoms with Gasteiger partial charge in [0.05, 0.1) is 0 Å². The Labute approximate surface area is 195 Å². The molecule has 2 heterocycles. The Morgan fingerprint density at radius 1 is 0.935 bits per heavy atom. The van der Waals surface area contributed by atoms with Gasteiger partial charge in [-0.25, -0.2) is 4.68 Å². The Morgan fingerprint density at radius 3 is 2.35 bits per heavy atom. The van der Waals surface area contributed by atoms with E-state index in [-0.39, 0.29) is 12.6 Å². The van der Waals surface area contributed by atoms with Crippen LogP contribution in [0, 0.1) is 0 Å². The Balaban J connectivity index is 1.28. The van der Waals surface area contributed by atoms with Gasteiger partial charge in [-0.05, 0) is 48.0 Å². The fraction of sp³-hybridized carbons (Fsp3) is 0.273. The van der Waals surface area contributed by atoms with Crippen molar-refractivity contribution in [3.63, 3.8) is 0 Å². The molecule has 9 heteroatoms. The van der Waals surface area contributed by atoms with Gasteiger partial charge in [-0.3, -0.25) is 9.69 Å². The molecule has 1 amide bonds. The first-order chi connectivity index (χ1) is 15.0. The molecule has 0 saturated carbocycles. The maximum Gasteiger partial charge on any atom is 0.274 e. The zero-order chi connectivity index (χ0) is 21.8. The molecule has 6 nitrogen and oxygen atoms in total. The monoisotopic (exact) mass is 478 g/mol. The van der Waals surface area contributed by atoms with E-state index in [1.165, 1.54) is 0 Å². The highest BCUT2D eigenvalue weighted by Crippen LogP contribution is 2.23. The van der Waals surface area contributed by atoms with Crippen LogP contribution in [0.25, 0.3) is 0 Å². The average Bonchev–Trinajstić information content (AvgIpc) is 3.24. The summed E-state index contributed by atoms with van der Waals surface area (Å²) in [5.74, 6) is 0.610. The van der Waals surface area contributed by atoms with E-state index < -0.39 is 0 Å². The molecule has 0 atom stereocenters. The first-order valence-corrected chi connectivity index (χ1v) is 11.0. The molecule has 3 aromatic rings. The Bertz CT molecular complexity index is 1050. The topological polar surface area (TPSA) is 50.6 Å². The third-order valence-corrected chi connectivity index (χ3v) is 5.94. The summed E-state index contributed by atoms with van der Waals surface area (Å²) >= 11 is 18.1. The number of aromatic nitrogens is 2. The van der Waals surface area contributed by atoms with Gasteiger partial charge in [-0.1, -0.05) is 40.9 Å². The van der Waals surface area contributed by atoms with Crippen molar-refractivity contribution in [2.75, 3.05) is 26.2 Å². The van der Waals surface area contributed by atoms with Crippen molar-refractivity contribution < 1.29 is 9.53 Å². The highest BCUT2D eigenvalue weighted by molar-refractivity contribution is 6.35. The maximum atomic E-state index is 12.8. The number of benzene rings is 2. The van der Waals surface area contributed by atoms with E-state index in [0.717, 1.165) is 25.2 Å². The van der Waals surface area contributed by atoms with Crippen molar-refractivity contribution >= 4 is 40.7 Å². The molecule has 1 aromatic heterocycles. The van der Waals surface area contributed by atoms with Gasteiger partial charge in [-0.15, -0.1) is 0 Å². The summed E-state index contributed by atoms with van der Waals surface area (Å²) in [5, 5.41) is 6.30. The number of hydrogen-bond acceptors (Lipinski definition) is 4. The zero-order valence-corrected chi connectivity index (χ0v) is 18.9. The number of rotatable bonds is 6. The Morgan fingerprint density at radius 2 is 1.65 bits per heavy atom. The lowest BCUT2D eigenvalue weighted by atomic mass is 10.2. The predicted molar refractivity (Wildman–Crippen MR) is 122 cm³/mol. The second kappa shape index (κ2) is 9.92. The minimum Gasteiger partial charge on any atom is -0.471 e. The second-order valence-corrected chi connectivity index (χ2v) is 8.55. The van der Waals surface area contributed by atoms with Crippen molar-refractivity contribution in [3.05, 3.63) is 81.1 Å². The van der Waals surface area contributed by atoms with E-state index in [1.807, 2.05) is 17.0 Å². The largest absolute Gasteiger partial charge is 0.471 e. The third-order valence-electron chi connectivity index (χ3n) is 5.11. The quantitative estimate of drug-likeness (QED) is 0.508. The van der Waals surface area contributed by atoms with Crippen LogP contribution < -0.4 is 4.74 Å². The van der Waals surface area contributed by atoms with Crippen LogP contribution >= 0.6 is 34.8 Å². The van der Waals surface area contributed by atoms with Crippen molar-refractivity contribution in [1.29, 1.82) is 0 Å². The fourth-order valence-corrected chi connectivity index (χ4v) is 3.98. The molecule has 1 fully saturated rings. The number of carbonyl (C=O) groups is 1. The highest BCUT2D eigenvalue weighted by atomic mass is 35.5. The lowest BCUT2D eigenvalue weighted by Gasteiger charge is -2.34. The van der Waals surface area contributed by atoms with Crippen molar-refractivity contribution in [1.82, 2.24) is 19.6 Å². The molecule has 4 rings (SSSR count). The summed E-state index contributed by atoms with van der Waals surface area (Å²) in [4.78, 5) is 16.9. The molecule has 0 N–H and O–H groups in total. The van der Waals surface area contributed by atoms with E-state index in [0.29, 0.717) is 39.6 Å². The molecule has 0 aliphatic carbocycles. The molecule has 0 bridgehead atoms. The SMILES string of the molecule is O=C(c1ccn(COc2ccc(Cl)cc2)n1)N1CCN(Cc2ccc(Cl)cc2Cl)CC1. The normalized spacial score (nSPS) is 14.6. The average molecular weight is 480 g/mol. The molecule has 1 aliphatic heterocycles. The van der Waals surface area contributed by atoms with Crippen LogP contribution in [0.4, 0.5) is 0 Å². The fourth-order valence-electron chi connectivity index (χ4n) is 3.38. The number of piperazine rings is 1. The zero-order valence-electron chi connectivity index (χ0n) is 16.7. The van der Waals surface area contributed by atoms with E-state index in [4.69, 9.17) is 39.5 Å². The summed E-state index contributed by atoms with van der Waals surface area (Å²) in [6, 6.07) is 14.4. The summed E-state index contributed by atoms with van der Waals surface area (Å²) in [6.45, 7) is 3.76. The molecule has 0 radical (unpaired) electrons. The summed E-state index contributed by atoms with van der Waals surface area (Å²) < 4.78 is 7.26. The first kappa shape index (κ1) is 22.0. The lowest BCUT2D eigenvalue weighted by Crippen LogP contribution is -2.48. The Kier molecular flexibility index (Phi) is 7.02. The highest BCUT2D eigenvalue weighted by Gasteiger charge is 2.24. The van der Waals surface area contributed by atoms with E-state index in [1.54, 1.807) is 47.3 Å². The number of amides is 1. The molecule has 31 heavy (non-hydrogen) atoms. The smallest absolute Gasteiger partial charge is 0.274 e. The summed E-state index contributed by atoms with van der Waals surface area (Å²) in [6.07, 6.45) is 1.74. The summed E-state index contributed by atoms with van der Waals surface area (Å²) in [7, 11) is 0. The minimum absolute atomic E-state index is 0.0746. The van der Waals surface area contributed by atoms with Crippen LogP contribution in [0.3, 0.4) is 0 Å². The van der Waals surface area contributed by atoms with Crippen LogP contribution in [0.15, 0.2) is 54.7 Å². The van der Waals surface area contributed by atoms with Gasteiger partial charge in [0.25, 0.3) is 5.91 Å². The van der Waals surface area contributed by atoms with Gasteiger partial charge >= 0.3 is 0 Å². The molecule has 0 spiro atoms. The van der Waals surface area contributed by atoms with E-state index in [2.05, 4.69) is 10.00 Å². The van der Waals surface area contributed by atoms with E-state index in [9.17, 15) is 4.79 Å². The molecule has 0 unspecified atom stereocenters. The van der Waals surface area contributed by atoms with E-state index >= 15 is 0 Å². The van der Waals surface area contributed by atoms with Gasteiger partial charge in [0.15, 0.2) is 12.4 Å². The number of hydrogen-bond donors (Lipinski definition) is 0. The second-order valence-electron chi connectivity index (χ2n) is 7.27. The molecular formula is C22H21Cl3N4O2. The van der Waals surface area contributed by atoms with Crippen LogP contribution in [-0.4, -0.2) is 51.7 Å². The Hall–Kier alpha value is -2.25. The van der Waals surface area contributed by atoms with Crippen molar-refractivity contribution in [2.24, 2.45) is 0 Å².